The average molecular weight is 275 g/mol. The van der Waals surface area contributed by atoms with Crippen LogP contribution in [0.2, 0.25) is 0 Å². The zero-order chi connectivity index (χ0) is 14.5. The molecule has 0 saturated carbocycles. The van der Waals surface area contributed by atoms with Gasteiger partial charge in [0.2, 0.25) is 5.91 Å². The Morgan fingerprint density at radius 2 is 2.20 bits per heavy atom. The van der Waals surface area contributed by atoms with E-state index in [1.807, 2.05) is 18.5 Å². The molecule has 1 aromatic carbocycles. The van der Waals surface area contributed by atoms with Crippen molar-refractivity contribution in [2.45, 2.75) is 26.4 Å². The molecular formula is C15H18FN3O. The third-order valence-electron chi connectivity index (χ3n) is 3.03. The molecule has 3 N–H and O–H groups in total. The summed E-state index contributed by atoms with van der Waals surface area (Å²) in [4.78, 5) is 11.1. The number of amides is 1. The number of nitrogens with zero attached hydrogens (tertiary/aromatic N) is 1. The van der Waals surface area contributed by atoms with Crippen molar-refractivity contribution in [3.63, 3.8) is 0 Å². The van der Waals surface area contributed by atoms with Crippen LogP contribution in [0.25, 0.3) is 0 Å². The minimum absolute atomic E-state index is 0.282. The van der Waals surface area contributed by atoms with Crippen LogP contribution in [0, 0.1) is 5.82 Å². The van der Waals surface area contributed by atoms with E-state index in [0.717, 1.165) is 18.5 Å². The highest BCUT2D eigenvalue weighted by Gasteiger charge is 2.07. The molecule has 1 heterocycles. The molecule has 1 amide bonds. The van der Waals surface area contributed by atoms with E-state index in [-0.39, 0.29) is 11.3 Å². The third-order valence-corrected chi connectivity index (χ3v) is 3.03. The number of hydrogen-bond acceptors (Lipinski definition) is 2. The lowest BCUT2D eigenvalue weighted by molar-refractivity contribution is 0.100. The topological polar surface area (TPSA) is 60.1 Å². The number of nitrogens with one attached hydrogen (secondary N) is 1. The fourth-order valence-corrected chi connectivity index (χ4v) is 2.00. The quantitative estimate of drug-likeness (QED) is 0.851. The standard InChI is InChI=1S/C15H18FN3O/c1-2-6-19-7-5-11(10-19)9-18-14-8-12(15(17)20)3-4-13(14)16/h3-5,7-8,10,18H,2,6,9H2,1H3,(H2,17,20). The summed E-state index contributed by atoms with van der Waals surface area (Å²) in [6.07, 6.45) is 5.08. The number of carbonyl (C=O) groups excluding carboxylic acids is 1. The number of aryl methyl sites for hydroxylation is 1. The van der Waals surface area contributed by atoms with E-state index in [1.54, 1.807) is 0 Å². The number of aromatic nitrogens is 1. The Hall–Kier alpha value is -2.30. The van der Waals surface area contributed by atoms with Gasteiger partial charge in [-0.15, -0.1) is 0 Å². The first kappa shape index (κ1) is 14.1. The molecule has 106 valence electrons. The van der Waals surface area contributed by atoms with Crippen molar-refractivity contribution in [3.8, 4) is 0 Å². The number of nitrogens with two attached hydrogens (primary N) is 1. The molecule has 2 rings (SSSR count). The van der Waals surface area contributed by atoms with Crippen LogP contribution in [0.3, 0.4) is 0 Å². The minimum Gasteiger partial charge on any atom is -0.379 e. The maximum absolute atomic E-state index is 13.6. The Morgan fingerprint density at radius 3 is 2.90 bits per heavy atom. The van der Waals surface area contributed by atoms with Gasteiger partial charge in [-0.2, -0.15) is 0 Å². The fourth-order valence-electron chi connectivity index (χ4n) is 2.00. The molecule has 0 aliphatic heterocycles. The summed E-state index contributed by atoms with van der Waals surface area (Å²) >= 11 is 0. The van der Waals surface area contributed by atoms with Crippen molar-refractivity contribution in [1.82, 2.24) is 4.57 Å². The van der Waals surface area contributed by atoms with Crippen molar-refractivity contribution in [1.29, 1.82) is 0 Å². The first-order chi connectivity index (χ1) is 9.60. The van der Waals surface area contributed by atoms with Crippen molar-refractivity contribution in [2.75, 3.05) is 5.32 Å². The molecular weight excluding hydrogens is 257 g/mol. The SMILES string of the molecule is CCCn1ccc(CNc2cc(C(N)=O)ccc2F)c1. The molecule has 20 heavy (non-hydrogen) atoms. The second-order valence-electron chi connectivity index (χ2n) is 4.67. The second-order valence-corrected chi connectivity index (χ2v) is 4.67. The summed E-state index contributed by atoms with van der Waals surface area (Å²) < 4.78 is 15.7. The lowest BCUT2D eigenvalue weighted by Crippen LogP contribution is -2.12. The van der Waals surface area contributed by atoms with Gasteiger partial charge < -0.3 is 15.6 Å². The molecule has 0 spiro atoms. The average Bonchev–Trinajstić information content (AvgIpc) is 2.86. The Morgan fingerprint density at radius 1 is 1.40 bits per heavy atom. The largest absolute Gasteiger partial charge is 0.379 e. The summed E-state index contributed by atoms with van der Waals surface area (Å²) in [5, 5.41) is 2.98. The van der Waals surface area contributed by atoms with E-state index in [9.17, 15) is 9.18 Å². The predicted molar refractivity (Wildman–Crippen MR) is 77.0 cm³/mol. The minimum atomic E-state index is -0.567. The van der Waals surface area contributed by atoms with Crippen molar-refractivity contribution >= 4 is 11.6 Å². The van der Waals surface area contributed by atoms with Gasteiger partial charge in [-0.05, 0) is 36.2 Å². The number of hydrogen-bond donors (Lipinski definition) is 2. The summed E-state index contributed by atoms with van der Waals surface area (Å²) in [6, 6.07) is 6.03. The van der Waals surface area contributed by atoms with E-state index in [1.165, 1.54) is 18.2 Å². The molecule has 0 bridgehead atoms. The van der Waals surface area contributed by atoms with Crippen LogP contribution in [0.5, 0.6) is 0 Å². The smallest absolute Gasteiger partial charge is 0.248 e. The van der Waals surface area contributed by atoms with E-state index < -0.39 is 11.7 Å². The number of primary amides is 1. The van der Waals surface area contributed by atoms with Crippen LogP contribution in [0.4, 0.5) is 10.1 Å². The van der Waals surface area contributed by atoms with Crippen LogP contribution in [-0.4, -0.2) is 10.5 Å². The van der Waals surface area contributed by atoms with E-state index >= 15 is 0 Å². The number of carbonyl (C=O) groups is 1. The Kier molecular flexibility index (Phi) is 4.40. The van der Waals surface area contributed by atoms with E-state index in [0.29, 0.717) is 6.54 Å². The molecule has 1 aromatic heterocycles. The van der Waals surface area contributed by atoms with Gasteiger partial charge in [-0.25, -0.2) is 4.39 Å². The van der Waals surface area contributed by atoms with Crippen LogP contribution >= 0.6 is 0 Å². The molecule has 0 unspecified atom stereocenters. The maximum atomic E-state index is 13.6. The number of benzene rings is 1. The van der Waals surface area contributed by atoms with Gasteiger partial charge in [0, 0.05) is 31.0 Å². The molecule has 0 radical (unpaired) electrons. The molecule has 5 heteroatoms. The Labute approximate surface area is 117 Å². The van der Waals surface area contributed by atoms with Gasteiger partial charge in [0.05, 0.1) is 5.69 Å². The first-order valence-electron chi connectivity index (χ1n) is 6.58. The summed E-state index contributed by atoms with van der Waals surface area (Å²) in [6.45, 7) is 3.57. The van der Waals surface area contributed by atoms with E-state index in [2.05, 4.69) is 16.8 Å². The molecule has 0 aliphatic carbocycles. The van der Waals surface area contributed by atoms with Crippen molar-refractivity contribution in [3.05, 3.63) is 53.6 Å². The third kappa shape index (κ3) is 3.38. The summed E-state index contributed by atoms with van der Waals surface area (Å²) in [7, 11) is 0. The molecule has 0 atom stereocenters. The number of anilines is 1. The Balaban J connectivity index is 2.05. The molecule has 0 saturated heterocycles. The predicted octanol–water partition coefficient (Wildman–Crippen LogP) is 2.75. The highest BCUT2D eigenvalue weighted by atomic mass is 19.1. The van der Waals surface area contributed by atoms with Crippen LogP contribution < -0.4 is 11.1 Å². The molecule has 2 aromatic rings. The zero-order valence-electron chi connectivity index (χ0n) is 11.4. The number of halogens is 1. The van der Waals surface area contributed by atoms with E-state index in [4.69, 9.17) is 5.73 Å². The Bertz CT molecular complexity index is 607. The van der Waals surface area contributed by atoms with Crippen molar-refractivity contribution < 1.29 is 9.18 Å². The summed E-state index contributed by atoms with van der Waals surface area (Å²) in [5.74, 6) is -0.967. The zero-order valence-corrected chi connectivity index (χ0v) is 11.4. The van der Waals surface area contributed by atoms with Gasteiger partial charge >= 0.3 is 0 Å². The monoisotopic (exact) mass is 275 g/mol. The van der Waals surface area contributed by atoms with Crippen LogP contribution in [0.15, 0.2) is 36.7 Å². The lowest BCUT2D eigenvalue weighted by atomic mass is 10.2. The normalized spacial score (nSPS) is 10.5. The molecule has 4 nitrogen and oxygen atoms in total. The van der Waals surface area contributed by atoms with Gasteiger partial charge in [0.15, 0.2) is 0 Å². The molecule has 0 aliphatic rings. The van der Waals surface area contributed by atoms with Crippen molar-refractivity contribution in [2.24, 2.45) is 5.73 Å². The van der Waals surface area contributed by atoms with Crippen LogP contribution in [0.1, 0.15) is 29.3 Å². The molecule has 0 fully saturated rings. The fraction of sp³-hybridized carbons (Fsp3) is 0.267. The maximum Gasteiger partial charge on any atom is 0.248 e. The van der Waals surface area contributed by atoms with Gasteiger partial charge in [0.25, 0.3) is 0 Å². The van der Waals surface area contributed by atoms with Crippen LogP contribution in [-0.2, 0) is 13.1 Å². The van der Waals surface area contributed by atoms with Gasteiger partial charge in [-0.1, -0.05) is 6.92 Å². The van der Waals surface area contributed by atoms with Gasteiger partial charge in [0.1, 0.15) is 5.82 Å². The first-order valence-corrected chi connectivity index (χ1v) is 6.58. The highest BCUT2D eigenvalue weighted by Crippen LogP contribution is 2.17. The van der Waals surface area contributed by atoms with Gasteiger partial charge in [-0.3, -0.25) is 4.79 Å². The summed E-state index contributed by atoms with van der Waals surface area (Å²) in [5.41, 5.74) is 6.81. The number of rotatable bonds is 6. The lowest BCUT2D eigenvalue weighted by Gasteiger charge is -2.08. The second kappa shape index (κ2) is 6.23. The highest BCUT2D eigenvalue weighted by molar-refractivity contribution is 5.93.